The Balaban J connectivity index is 1.38. The Morgan fingerprint density at radius 1 is 0.933 bits per heavy atom. The van der Waals surface area contributed by atoms with E-state index in [-0.39, 0.29) is 11.7 Å². The first-order chi connectivity index (χ1) is 14.7. The maximum Gasteiger partial charge on any atom is 0.379 e. The molecular weight excluding hydrogens is 382 g/mol. The van der Waals surface area contributed by atoms with Gasteiger partial charge in [0.15, 0.2) is 0 Å². The number of amides is 1. The van der Waals surface area contributed by atoms with Crippen molar-refractivity contribution in [1.29, 1.82) is 0 Å². The van der Waals surface area contributed by atoms with Crippen molar-refractivity contribution >= 4 is 18.1 Å². The monoisotopic (exact) mass is 399 g/mol. The average Bonchev–Trinajstić information content (AvgIpc) is 3.49. The summed E-state index contributed by atoms with van der Waals surface area (Å²) in [7, 11) is 0. The standard InChI is InChI=1S/C23H17N3O4/c27-22(19-6-1-2-7-20(19)26-13-3-4-14-26)25-24-16-17-9-11-18(12-10-17)30-23(28)21-8-5-15-29-21/h1-16H,(H,25,27)/b24-16-. The van der Waals surface area contributed by atoms with Crippen LogP contribution >= 0.6 is 0 Å². The van der Waals surface area contributed by atoms with Gasteiger partial charge in [-0.3, -0.25) is 4.79 Å². The van der Waals surface area contributed by atoms with E-state index >= 15 is 0 Å². The van der Waals surface area contributed by atoms with E-state index in [1.54, 1.807) is 42.5 Å². The fraction of sp³-hybridized carbons (Fsp3) is 0. The fourth-order valence-electron chi connectivity index (χ4n) is 2.79. The molecule has 1 amide bonds. The quantitative estimate of drug-likeness (QED) is 0.229. The number of benzene rings is 2. The number of nitrogens with zero attached hydrogens (tertiary/aromatic N) is 2. The third-order valence-electron chi connectivity index (χ3n) is 4.22. The molecule has 0 atom stereocenters. The van der Waals surface area contributed by atoms with Gasteiger partial charge in [0, 0.05) is 12.4 Å². The normalized spacial score (nSPS) is 10.8. The van der Waals surface area contributed by atoms with Crippen LogP contribution in [0, 0.1) is 0 Å². The van der Waals surface area contributed by atoms with E-state index in [0.717, 1.165) is 11.3 Å². The average molecular weight is 399 g/mol. The predicted octanol–water partition coefficient (Wildman–Crippen LogP) is 4.05. The Kier molecular flexibility index (Phi) is 5.52. The number of rotatable bonds is 6. The lowest BCUT2D eigenvalue weighted by Gasteiger charge is -2.09. The molecule has 0 aliphatic heterocycles. The molecule has 7 nitrogen and oxygen atoms in total. The van der Waals surface area contributed by atoms with Crippen molar-refractivity contribution in [1.82, 2.24) is 9.99 Å². The minimum absolute atomic E-state index is 0.128. The van der Waals surface area contributed by atoms with E-state index in [2.05, 4.69) is 10.5 Å². The van der Waals surface area contributed by atoms with Gasteiger partial charge in [-0.05, 0) is 66.2 Å². The molecular formula is C23H17N3O4. The summed E-state index contributed by atoms with van der Waals surface area (Å²) in [5, 5.41) is 4.02. The van der Waals surface area contributed by atoms with Gasteiger partial charge in [-0.1, -0.05) is 12.1 Å². The first-order valence-corrected chi connectivity index (χ1v) is 9.12. The molecule has 0 saturated heterocycles. The molecule has 0 bridgehead atoms. The third-order valence-corrected chi connectivity index (χ3v) is 4.22. The minimum atomic E-state index is -0.574. The lowest BCUT2D eigenvalue weighted by atomic mass is 10.1. The summed E-state index contributed by atoms with van der Waals surface area (Å²) in [6.07, 6.45) is 6.65. The van der Waals surface area contributed by atoms with E-state index < -0.39 is 5.97 Å². The second kappa shape index (κ2) is 8.74. The number of ether oxygens (including phenoxy) is 1. The van der Waals surface area contributed by atoms with Crippen molar-refractivity contribution < 1.29 is 18.7 Å². The number of carbonyl (C=O) groups is 2. The molecule has 2 heterocycles. The van der Waals surface area contributed by atoms with E-state index in [0.29, 0.717) is 11.3 Å². The lowest BCUT2D eigenvalue weighted by Crippen LogP contribution is -2.19. The summed E-state index contributed by atoms with van der Waals surface area (Å²) in [5.41, 5.74) is 4.53. The minimum Gasteiger partial charge on any atom is -0.457 e. The van der Waals surface area contributed by atoms with Crippen LogP contribution in [-0.2, 0) is 0 Å². The molecule has 0 radical (unpaired) electrons. The van der Waals surface area contributed by atoms with E-state index in [1.807, 2.05) is 41.2 Å². The topological polar surface area (TPSA) is 85.8 Å². The molecule has 0 saturated carbocycles. The van der Waals surface area contributed by atoms with Crippen LogP contribution in [0.4, 0.5) is 0 Å². The van der Waals surface area contributed by atoms with Crippen molar-refractivity contribution in [2.75, 3.05) is 0 Å². The molecule has 0 unspecified atom stereocenters. The summed E-state index contributed by atoms with van der Waals surface area (Å²) in [4.78, 5) is 24.4. The molecule has 1 N–H and O–H groups in total. The smallest absolute Gasteiger partial charge is 0.379 e. The van der Waals surface area contributed by atoms with Gasteiger partial charge >= 0.3 is 5.97 Å². The highest BCUT2D eigenvalue weighted by Gasteiger charge is 2.12. The Morgan fingerprint density at radius 2 is 1.70 bits per heavy atom. The van der Waals surface area contributed by atoms with Crippen molar-refractivity contribution in [3.05, 3.63) is 108 Å². The van der Waals surface area contributed by atoms with Crippen LogP contribution in [0.3, 0.4) is 0 Å². The second-order valence-electron chi connectivity index (χ2n) is 6.24. The van der Waals surface area contributed by atoms with E-state index in [9.17, 15) is 9.59 Å². The molecule has 2 aromatic heterocycles. The molecule has 7 heteroatoms. The van der Waals surface area contributed by atoms with Gasteiger partial charge in [-0.2, -0.15) is 5.10 Å². The molecule has 0 spiro atoms. The summed E-state index contributed by atoms with van der Waals surface area (Å²) < 4.78 is 12.1. The molecule has 4 aromatic rings. The fourth-order valence-corrected chi connectivity index (χ4v) is 2.79. The van der Waals surface area contributed by atoms with Crippen LogP contribution in [0.1, 0.15) is 26.5 Å². The number of carbonyl (C=O) groups excluding carboxylic acids is 2. The highest BCUT2D eigenvalue weighted by molar-refractivity contribution is 5.98. The van der Waals surface area contributed by atoms with Crippen molar-refractivity contribution in [2.24, 2.45) is 5.10 Å². The van der Waals surface area contributed by atoms with E-state index in [4.69, 9.17) is 9.15 Å². The second-order valence-corrected chi connectivity index (χ2v) is 6.24. The molecule has 0 fully saturated rings. The van der Waals surface area contributed by atoms with Gasteiger partial charge in [0.1, 0.15) is 5.75 Å². The SMILES string of the molecule is O=C(Oc1ccc(/C=N\NC(=O)c2ccccc2-n2cccc2)cc1)c1ccco1. The Hall–Kier alpha value is -4.39. The van der Waals surface area contributed by atoms with Gasteiger partial charge in [0.05, 0.1) is 23.7 Å². The summed E-state index contributed by atoms with van der Waals surface area (Å²) >= 11 is 0. The third kappa shape index (κ3) is 4.36. The Morgan fingerprint density at radius 3 is 2.43 bits per heavy atom. The maximum atomic E-state index is 12.5. The number of hydrogen-bond acceptors (Lipinski definition) is 5. The van der Waals surface area contributed by atoms with Crippen molar-refractivity contribution in [3.63, 3.8) is 0 Å². The highest BCUT2D eigenvalue weighted by atomic mass is 16.5. The van der Waals surface area contributed by atoms with Crippen molar-refractivity contribution in [2.45, 2.75) is 0 Å². The van der Waals surface area contributed by atoms with Crippen molar-refractivity contribution in [3.8, 4) is 11.4 Å². The molecule has 2 aromatic carbocycles. The largest absolute Gasteiger partial charge is 0.457 e. The number of hydrogen-bond donors (Lipinski definition) is 1. The molecule has 30 heavy (non-hydrogen) atoms. The summed E-state index contributed by atoms with van der Waals surface area (Å²) in [6, 6.07) is 20.9. The lowest BCUT2D eigenvalue weighted by molar-refractivity contribution is 0.0701. The number of esters is 1. The number of aromatic nitrogens is 1. The zero-order valence-electron chi connectivity index (χ0n) is 15.8. The van der Waals surface area contributed by atoms with Crippen LogP contribution in [0.5, 0.6) is 5.75 Å². The number of hydrazone groups is 1. The van der Waals surface area contributed by atoms with Gasteiger partial charge < -0.3 is 13.7 Å². The number of para-hydroxylation sites is 1. The van der Waals surface area contributed by atoms with Crippen LogP contribution in [-0.4, -0.2) is 22.7 Å². The number of nitrogens with one attached hydrogen (secondary N) is 1. The zero-order valence-corrected chi connectivity index (χ0v) is 15.8. The summed E-state index contributed by atoms with van der Waals surface area (Å²) in [6.45, 7) is 0. The Bertz CT molecular complexity index is 1160. The van der Waals surface area contributed by atoms with Gasteiger partial charge in [0.25, 0.3) is 5.91 Å². The summed E-state index contributed by atoms with van der Waals surface area (Å²) in [5.74, 6) is -0.392. The van der Waals surface area contributed by atoms with Gasteiger partial charge in [0.2, 0.25) is 5.76 Å². The van der Waals surface area contributed by atoms with Crippen LogP contribution in [0.15, 0.2) is 101 Å². The first kappa shape index (κ1) is 18.9. The van der Waals surface area contributed by atoms with E-state index in [1.165, 1.54) is 18.5 Å². The van der Waals surface area contributed by atoms with Crippen LogP contribution in [0.2, 0.25) is 0 Å². The Labute approximate surface area is 172 Å². The first-order valence-electron chi connectivity index (χ1n) is 9.12. The number of furan rings is 1. The molecule has 148 valence electrons. The zero-order chi connectivity index (χ0) is 20.8. The highest BCUT2D eigenvalue weighted by Crippen LogP contribution is 2.15. The molecule has 0 aliphatic carbocycles. The van der Waals surface area contributed by atoms with Crippen LogP contribution < -0.4 is 10.2 Å². The van der Waals surface area contributed by atoms with Gasteiger partial charge in [-0.15, -0.1) is 0 Å². The maximum absolute atomic E-state index is 12.5. The van der Waals surface area contributed by atoms with Crippen LogP contribution in [0.25, 0.3) is 5.69 Å². The molecule has 0 aliphatic rings. The molecule has 4 rings (SSSR count). The predicted molar refractivity (Wildman–Crippen MR) is 111 cm³/mol. The van der Waals surface area contributed by atoms with Gasteiger partial charge in [-0.25, -0.2) is 10.2 Å².